The zero-order valence-electron chi connectivity index (χ0n) is 16.3. The number of rotatable bonds is 4. The summed E-state index contributed by atoms with van der Waals surface area (Å²) in [5.74, 6) is 1.64. The van der Waals surface area contributed by atoms with Crippen LogP contribution in [0.4, 0.5) is 8.78 Å². The molecule has 152 valence electrons. The molecule has 0 saturated heterocycles. The summed E-state index contributed by atoms with van der Waals surface area (Å²) in [6, 6.07) is 0. The second-order valence-electron chi connectivity index (χ2n) is 8.90. The summed E-state index contributed by atoms with van der Waals surface area (Å²) >= 11 is 2.10. The SMILES string of the molecule is CC1CCC(C2CCC(C(F)(F)OC3=CC(C)(I)C=C(O)C=C3)CC2)CC1. The van der Waals surface area contributed by atoms with E-state index in [1.165, 1.54) is 37.8 Å². The van der Waals surface area contributed by atoms with Gasteiger partial charge in [-0.05, 0) is 87.5 Å². The van der Waals surface area contributed by atoms with Crippen LogP contribution in [-0.4, -0.2) is 14.6 Å². The monoisotopic (exact) mass is 492 g/mol. The molecule has 0 heterocycles. The summed E-state index contributed by atoms with van der Waals surface area (Å²) in [6.45, 7) is 4.16. The number of aliphatic hydroxyl groups excluding tert-OH is 1. The van der Waals surface area contributed by atoms with Crippen molar-refractivity contribution in [1.82, 2.24) is 0 Å². The van der Waals surface area contributed by atoms with Gasteiger partial charge in [-0.25, -0.2) is 0 Å². The van der Waals surface area contributed by atoms with Gasteiger partial charge in [-0.2, -0.15) is 8.78 Å². The fourth-order valence-electron chi connectivity index (χ4n) is 4.86. The molecule has 0 spiro atoms. The molecule has 0 amide bonds. The molecule has 0 aromatic heterocycles. The van der Waals surface area contributed by atoms with Crippen LogP contribution in [0.1, 0.15) is 65.2 Å². The number of aliphatic hydroxyl groups is 1. The molecule has 1 unspecified atom stereocenters. The van der Waals surface area contributed by atoms with Crippen molar-refractivity contribution in [2.75, 3.05) is 0 Å². The number of allylic oxidation sites excluding steroid dienone is 4. The van der Waals surface area contributed by atoms with E-state index < -0.39 is 15.4 Å². The van der Waals surface area contributed by atoms with Crippen molar-refractivity contribution in [2.45, 2.75) is 74.7 Å². The molecule has 0 aromatic carbocycles. The Morgan fingerprint density at radius 2 is 1.56 bits per heavy atom. The van der Waals surface area contributed by atoms with Crippen LogP contribution in [0.15, 0.2) is 35.8 Å². The standard InChI is InChI=1S/C22H31F2IO2/c1-15-3-5-16(6-4-15)17-7-9-18(10-8-17)22(23,24)27-20-12-11-19(26)13-21(2,25)14-20/h11-18,26H,3-10H2,1-2H3. The van der Waals surface area contributed by atoms with Crippen molar-refractivity contribution in [2.24, 2.45) is 23.7 Å². The lowest BCUT2D eigenvalue weighted by molar-refractivity contribution is -0.254. The molecule has 2 nitrogen and oxygen atoms in total. The normalized spacial score (nSPS) is 38.0. The molecule has 3 rings (SSSR count). The maximum absolute atomic E-state index is 14.8. The molecule has 0 radical (unpaired) electrons. The summed E-state index contributed by atoms with van der Waals surface area (Å²) in [7, 11) is 0. The van der Waals surface area contributed by atoms with E-state index in [-0.39, 0.29) is 11.5 Å². The lowest BCUT2D eigenvalue weighted by Crippen LogP contribution is -2.36. The Morgan fingerprint density at radius 1 is 1.00 bits per heavy atom. The third kappa shape index (κ3) is 5.70. The lowest BCUT2D eigenvalue weighted by Gasteiger charge is -2.39. The van der Waals surface area contributed by atoms with Gasteiger partial charge in [-0.1, -0.05) is 42.4 Å². The van der Waals surface area contributed by atoms with Gasteiger partial charge in [0.1, 0.15) is 11.5 Å². The molecule has 0 aliphatic heterocycles. The van der Waals surface area contributed by atoms with Crippen LogP contribution < -0.4 is 0 Å². The van der Waals surface area contributed by atoms with E-state index in [9.17, 15) is 13.9 Å². The van der Waals surface area contributed by atoms with Gasteiger partial charge < -0.3 is 9.84 Å². The first-order chi connectivity index (χ1) is 12.6. The van der Waals surface area contributed by atoms with Gasteiger partial charge in [-0.15, -0.1) is 0 Å². The summed E-state index contributed by atoms with van der Waals surface area (Å²) in [4.78, 5) is 0. The predicted octanol–water partition coefficient (Wildman–Crippen LogP) is 7.32. The fourth-order valence-corrected chi connectivity index (χ4v) is 5.49. The topological polar surface area (TPSA) is 29.5 Å². The van der Waals surface area contributed by atoms with E-state index in [2.05, 4.69) is 29.5 Å². The molecule has 3 aliphatic carbocycles. The van der Waals surface area contributed by atoms with Crippen molar-refractivity contribution < 1.29 is 18.6 Å². The van der Waals surface area contributed by atoms with Crippen LogP contribution in [0.2, 0.25) is 0 Å². The molecular formula is C22H31F2IO2. The molecule has 5 heteroatoms. The Morgan fingerprint density at radius 3 is 2.15 bits per heavy atom. The Bertz CT molecular complexity index is 608. The minimum absolute atomic E-state index is 0.0624. The van der Waals surface area contributed by atoms with Gasteiger partial charge in [0.15, 0.2) is 0 Å². The molecular weight excluding hydrogens is 461 g/mol. The Hall–Kier alpha value is -0.590. The zero-order chi connectivity index (χ0) is 19.7. The third-order valence-corrected chi connectivity index (χ3v) is 7.12. The van der Waals surface area contributed by atoms with Gasteiger partial charge >= 0.3 is 6.11 Å². The first-order valence-electron chi connectivity index (χ1n) is 10.2. The van der Waals surface area contributed by atoms with Crippen molar-refractivity contribution in [3.63, 3.8) is 0 Å². The first kappa shape index (κ1) is 21.1. The Kier molecular flexibility index (Phi) is 6.59. The van der Waals surface area contributed by atoms with Crippen molar-refractivity contribution in [3.8, 4) is 0 Å². The highest BCUT2D eigenvalue weighted by Crippen LogP contribution is 2.46. The van der Waals surface area contributed by atoms with Crippen molar-refractivity contribution >= 4 is 22.6 Å². The summed E-state index contributed by atoms with van der Waals surface area (Å²) < 4.78 is 34.2. The van der Waals surface area contributed by atoms with Crippen LogP contribution >= 0.6 is 22.6 Å². The second-order valence-corrected chi connectivity index (χ2v) is 11.2. The maximum Gasteiger partial charge on any atom is 0.400 e. The number of halogens is 3. The van der Waals surface area contributed by atoms with E-state index in [4.69, 9.17) is 4.74 Å². The lowest BCUT2D eigenvalue weighted by atomic mass is 9.69. The number of alkyl halides is 3. The minimum atomic E-state index is -3.17. The summed E-state index contributed by atoms with van der Waals surface area (Å²) in [5, 5.41) is 9.75. The zero-order valence-corrected chi connectivity index (χ0v) is 18.4. The molecule has 2 fully saturated rings. The number of hydrogen-bond acceptors (Lipinski definition) is 2. The second kappa shape index (κ2) is 8.42. The van der Waals surface area contributed by atoms with Crippen molar-refractivity contribution in [3.05, 3.63) is 35.8 Å². The molecule has 1 N–H and O–H groups in total. The highest BCUT2D eigenvalue weighted by Gasteiger charge is 2.45. The largest absolute Gasteiger partial charge is 0.508 e. The van der Waals surface area contributed by atoms with Crippen LogP contribution in [0.3, 0.4) is 0 Å². The van der Waals surface area contributed by atoms with Crippen LogP contribution in [0.5, 0.6) is 0 Å². The van der Waals surface area contributed by atoms with E-state index >= 15 is 0 Å². The molecule has 0 bridgehead atoms. The predicted molar refractivity (Wildman–Crippen MR) is 113 cm³/mol. The van der Waals surface area contributed by atoms with Crippen LogP contribution in [0.25, 0.3) is 0 Å². The third-order valence-electron chi connectivity index (χ3n) is 6.50. The molecule has 27 heavy (non-hydrogen) atoms. The van der Waals surface area contributed by atoms with E-state index in [0.717, 1.165) is 24.7 Å². The van der Waals surface area contributed by atoms with E-state index in [1.807, 2.05) is 6.92 Å². The minimum Gasteiger partial charge on any atom is -0.508 e. The first-order valence-corrected chi connectivity index (χ1v) is 11.3. The smallest absolute Gasteiger partial charge is 0.400 e. The quantitative estimate of drug-likeness (QED) is 0.329. The number of ether oxygens (including phenoxy) is 1. The van der Waals surface area contributed by atoms with Gasteiger partial charge in [0.05, 0.1) is 9.34 Å². The van der Waals surface area contributed by atoms with Gasteiger partial charge in [0, 0.05) is 0 Å². The molecule has 2 saturated carbocycles. The highest BCUT2D eigenvalue weighted by atomic mass is 127. The van der Waals surface area contributed by atoms with Crippen LogP contribution in [0, 0.1) is 23.7 Å². The highest BCUT2D eigenvalue weighted by molar-refractivity contribution is 14.1. The fraction of sp³-hybridized carbons (Fsp3) is 0.727. The van der Waals surface area contributed by atoms with Crippen molar-refractivity contribution in [1.29, 1.82) is 0 Å². The number of hydrogen-bond donors (Lipinski definition) is 1. The van der Waals surface area contributed by atoms with E-state index in [0.29, 0.717) is 18.8 Å². The van der Waals surface area contributed by atoms with Gasteiger partial charge in [-0.3, -0.25) is 0 Å². The van der Waals surface area contributed by atoms with E-state index in [1.54, 1.807) is 12.2 Å². The summed E-state index contributed by atoms with van der Waals surface area (Å²) in [6.07, 6.45) is 10.9. The van der Waals surface area contributed by atoms with Crippen LogP contribution in [-0.2, 0) is 4.74 Å². The Labute approximate surface area is 175 Å². The van der Waals surface area contributed by atoms with Gasteiger partial charge in [0.25, 0.3) is 0 Å². The van der Waals surface area contributed by atoms with Gasteiger partial charge in [0.2, 0.25) is 0 Å². The Balaban J connectivity index is 1.57. The average Bonchev–Trinajstić information content (AvgIpc) is 2.72. The summed E-state index contributed by atoms with van der Waals surface area (Å²) in [5.41, 5.74) is 0. The molecule has 0 aromatic rings. The average molecular weight is 492 g/mol. The maximum atomic E-state index is 14.8. The molecule has 3 aliphatic rings. The molecule has 1 atom stereocenters.